The number of rotatable bonds is 5. The normalized spacial score (nSPS) is 18.4. The van der Waals surface area contributed by atoms with Gasteiger partial charge in [-0.1, -0.05) is 18.5 Å². The summed E-state index contributed by atoms with van der Waals surface area (Å²) < 4.78 is 0. The summed E-state index contributed by atoms with van der Waals surface area (Å²) in [6.07, 6.45) is 1.85. The van der Waals surface area contributed by atoms with Gasteiger partial charge in [-0.15, -0.1) is 0 Å². The lowest BCUT2D eigenvalue weighted by atomic mass is 10.1. The Bertz CT molecular complexity index is 479. The average Bonchev–Trinajstić information content (AvgIpc) is 2.94. The van der Waals surface area contributed by atoms with E-state index in [0.717, 1.165) is 25.1 Å². The Kier molecular flexibility index (Phi) is 5.26. The van der Waals surface area contributed by atoms with E-state index in [0.29, 0.717) is 23.7 Å². The molecule has 0 aromatic heterocycles. The molecule has 4 nitrogen and oxygen atoms in total. The van der Waals surface area contributed by atoms with E-state index in [1.165, 1.54) is 0 Å². The number of amides is 1. The zero-order valence-electron chi connectivity index (χ0n) is 11.7. The number of hydrogen-bond donors (Lipinski definition) is 2. The Balaban J connectivity index is 2.17. The molecule has 1 aliphatic rings. The molecule has 110 valence electrons. The monoisotopic (exact) mass is 296 g/mol. The predicted molar refractivity (Wildman–Crippen MR) is 81.3 cm³/mol. The van der Waals surface area contributed by atoms with Gasteiger partial charge < -0.3 is 15.3 Å². The number of aliphatic hydroxyl groups is 1. The van der Waals surface area contributed by atoms with E-state index >= 15 is 0 Å². The second-order valence-corrected chi connectivity index (χ2v) is 5.64. The van der Waals surface area contributed by atoms with Crippen LogP contribution in [0.25, 0.3) is 0 Å². The van der Waals surface area contributed by atoms with Crippen molar-refractivity contribution in [1.29, 1.82) is 0 Å². The van der Waals surface area contributed by atoms with E-state index in [2.05, 4.69) is 12.2 Å². The SMILES string of the molecule is CCCNc1ccc(Cl)cc1C(=O)N1CCC(CO)C1. The second-order valence-electron chi connectivity index (χ2n) is 5.21. The molecule has 0 bridgehead atoms. The molecule has 1 unspecified atom stereocenters. The summed E-state index contributed by atoms with van der Waals surface area (Å²) in [4.78, 5) is 14.4. The molecule has 1 aliphatic heterocycles. The van der Waals surface area contributed by atoms with Gasteiger partial charge in [-0.05, 0) is 31.0 Å². The molecule has 1 amide bonds. The number of anilines is 1. The van der Waals surface area contributed by atoms with Gasteiger partial charge in [-0.25, -0.2) is 0 Å². The van der Waals surface area contributed by atoms with Crippen molar-refractivity contribution in [2.45, 2.75) is 19.8 Å². The lowest BCUT2D eigenvalue weighted by Crippen LogP contribution is -2.29. The van der Waals surface area contributed by atoms with E-state index in [-0.39, 0.29) is 18.4 Å². The molecule has 0 spiro atoms. The summed E-state index contributed by atoms with van der Waals surface area (Å²) in [5.41, 5.74) is 1.44. The number of nitrogens with zero attached hydrogens (tertiary/aromatic N) is 1. The van der Waals surface area contributed by atoms with Crippen LogP contribution in [0.4, 0.5) is 5.69 Å². The quantitative estimate of drug-likeness (QED) is 0.878. The van der Waals surface area contributed by atoms with Crippen LogP contribution in [-0.2, 0) is 0 Å². The molecule has 1 aromatic carbocycles. The fourth-order valence-corrected chi connectivity index (χ4v) is 2.62. The number of benzene rings is 1. The maximum atomic E-state index is 12.6. The van der Waals surface area contributed by atoms with Crippen molar-refractivity contribution in [2.24, 2.45) is 5.92 Å². The number of nitrogens with one attached hydrogen (secondary N) is 1. The zero-order valence-corrected chi connectivity index (χ0v) is 12.5. The second kappa shape index (κ2) is 6.95. The van der Waals surface area contributed by atoms with Crippen LogP contribution >= 0.6 is 11.6 Å². The molecular formula is C15H21ClN2O2. The third-order valence-corrected chi connectivity index (χ3v) is 3.84. The molecule has 1 aromatic rings. The Hall–Kier alpha value is -1.26. The van der Waals surface area contributed by atoms with Gasteiger partial charge in [0.2, 0.25) is 0 Å². The molecule has 1 fully saturated rings. The highest BCUT2D eigenvalue weighted by Gasteiger charge is 2.27. The van der Waals surface area contributed by atoms with Gasteiger partial charge >= 0.3 is 0 Å². The van der Waals surface area contributed by atoms with Crippen LogP contribution < -0.4 is 5.32 Å². The van der Waals surface area contributed by atoms with Gasteiger partial charge in [0.1, 0.15) is 0 Å². The van der Waals surface area contributed by atoms with E-state index < -0.39 is 0 Å². The van der Waals surface area contributed by atoms with Crippen molar-refractivity contribution in [3.8, 4) is 0 Å². The van der Waals surface area contributed by atoms with Crippen molar-refractivity contribution in [1.82, 2.24) is 4.90 Å². The van der Waals surface area contributed by atoms with Gasteiger partial charge in [0.05, 0.1) is 5.56 Å². The summed E-state index contributed by atoms with van der Waals surface area (Å²) in [6.45, 7) is 4.36. The van der Waals surface area contributed by atoms with E-state index in [4.69, 9.17) is 11.6 Å². The first kappa shape index (κ1) is 15.1. The number of carbonyl (C=O) groups is 1. The highest BCUT2D eigenvalue weighted by molar-refractivity contribution is 6.31. The Morgan fingerprint density at radius 3 is 3.00 bits per heavy atom. The molecule has 0 aliphatic carbocycles. The van der Waals surface area contributed by atoms with Crippen molar-refractivity contribution in [3.05, 3.63) is 28.8 Å². The molecule has 2 rings (SSSR count). The number of carbonyl (C=O) groups excluding carboxylic acids is 1. The van der Waals surface area contributed by atoms with Crippen LogP contribution in [0.3, 0.4) is 0 Å². The fraction of sp³-hybridized carbons (Fsp3) is 0.533. The average molecular weight is 297 g/mol. The van der Waals surface area contributed by atoms with Crippen molar-refractivity contribution >= 4 is 23.2 Å². The predicted octanol–water partition coefficient (Wildman–Crippen LogP) is 2.62. The third-order valence-electron chi connectivity index (χ3n) is 3.61. The minimum atomic E-state index is -0.0120. The minimum absolute atomic E-state index is 0.0120. The first-order valence-corrected chi connectivity index (χ1v) is 7.47. The highest BCUT2D eigenvalue weighted by atomic mass is 35.5. The van der Waals surface area contributed by atoms with Crippen molar-refractivity contribution in [2.75, 3.05) is 31.6 Å². The van der Waals surface area contributed by atoms with Gasteiger partial charge in [-0.2, -0.15) is 0 Å². The van der Waals surface area contributed by atoms with E-state index in [1.54, 1.807) is 17.0 Å². The fourth-order valence-electron chi connectivity index (χ4n) is 2.44. The summed E-state index contributed by atoms with van der Waals surface area (Å²) >= 11 is 6.02. The molecule has 0 saturated carbocycles. The number of hydrogen-bond acceptors (Lipinski definition) is 3. The zero-order chi connectivity index (χ0) is 14.5. The first-order valence-electron chi connectivity index (χ1n) is 7.09. The maximum absolute atomic E-state index is 12.6. The molecule has 5 heteroatoms. The topological polar surface area (TPSA) is 52.6 Å². The van der Waals surface area contributed by atoms with Crippen LogP contribution in [0.5, 0.6) is 0 Å². The van der Waals surface area contributed by atoms with Crippen LogP contribution in [0.1, 0.15) is 30.1 Å². The summed E-state index contributed by atoms with van der Waals surface area (Å²) in [5.74, 6) is 0.187. The third kappa shape index (κ3) is 3.44. The highest BCUT2D eigenvalue weighted by Crippen LogP contribution is 2.25. The smallest absolute Gasteiger partial charge is 0.256 e. The van der Waals surface area contributed by atoms with Gasteiger partial charge in [-0.3, -0.25) is 4.79 Å². The summed E-state index contributed by atoms with van der Waals surface area (Å²) in [7, 11) is 0. The molecule has 1 heterocycles. The summed E-state index contributed by atoms with van der Waals surface area (Å²) in [5, 5.41) is 13.0. The van der Waals surface area contributed by atoms with Gasteiger partial charge in [0.15, 0.2) is 0 Å². The number of halogens is 1. The molecule has 1 saturated heterocycles. The molecule has 1 atom stereocenters. The largest absolute Gasteiger partial charge is 0.396 e. The van der Waals surface area contributed by atoms with E-state index in [1.807, 2.05) is 6.07 Å². The lowest BCUT2D eigenvalue weighted by molar-refractivity contribution is 0.0783. The van der Waals surface area contributed by atoms with Gasteiger partial charge in [0.25, 0.3) is 5.91 Å². The summed E-state index contributed by atoms with van der Waals surface area (Å²) in [6, 6.07) is 5.36. The first-order chi connectivity index (χ1) is 9.65. The lowest BCUT2D eigenvalue weighted by Gasteiger charge is -2.19. The molecule has 2 N–H and O–H groups in total. The van der Waals surface area contributed by atoms with E-state index in [9.17, 15) is 9.90 Å². The van der Waals surface area contributed by atoms with Crippen LogP contribution in [0, 0.1) is 5.92 Å². The van der Waals surface area contributed by atoms with Crippen molar-refractivity contribution in [3.63, 3.8) is 0 Å². The Morgan fingerprint density at radius 1 is 1.55 bits per heavy atom. The molecule has 20 heavy (non-hydrogen) atoms. The van der Waals surface area contributed by atoms with Gasteiger partial charge in [0, 0.05) is 42.9 Å². The van der Waals surface area contributed by atoms with Crippen LogP contribution in [0.2, 0.25) is 5.02 Å². The number of likely N-dealkylation sites (tertiary alicyclic amines) is 1. The van der Waals surface area contributed by atoms with Crippen molar-refractivity contribution < 1.29 is 9.90 Å². The molecule has 0 radical (unpaired) electrons. The van der Waals surface area contributed by atoms with Crippen LogP contribution in [-0.4, -0.2) is 42.2 Å². The van der Waals surface area contributed by atoms with Crippen LogP contribution in [0.15, 0.2) is 18.2 Å². The number of aliphatic hydroxyl groups excluding tert-OH is 1. The maximum Gasteiger partial charge on any atom is 0.256 e. The Morgan fingerprint density at radius 2 is 2.35 bits per heavy atom. The Labute approximate surface area is 124 Å². The standard InChI is InChI=1S/C15H21ClN2O2/c1-2-6-17-14-4-3-12(16)8-13(14)15(20)18-7-5-11(9-18)10-19/h3-4,8,11,17,19H,2,5-7,9-10H2,1H3. The minimum Gasteiger partial charge on any atom is -0.396 e. The molecular weight excluding hydrogens is 276 g/mol.